The Morgan fingerprint density at radius 2 is 1.63 bits per heavy atom. The minimum absolute atomic E-state index is 0.0542. The molecule has 6 nitrogen and oxygen atoms in total. The minimum atomic E-state index is -1.32. The minimum Gasteiger partial charge on any atom is -0.463 e. The maximum atomic E-state index is 13.3. The van der Waals surface area contributed by atoms with Gasteiger partial charge in [-0.2, -0.15) is 0 Å². The van der Waals surface area contributed by atoms with Crippen LogP contribution in [0.5, 0.6) is 0 Å². The summed E-state index contributed by atoms with van der Waals surface area (Å²) in [4.78, 5) is 37.7. The largest absolute Gasteiger partial charge is 0.463 e. The van der Waals surface area contributed by atoms with Gasteiger partial charge in [-0.15, -0.1) is 0 Å². The van der Waals surface area contributed by atoms with Crippen LogP contribution in [0.25, 0.3) is 0 Å². The molecule has 1 N–H and O–H groups in total. The summed E-state index contributed by atoms with van der Waals surface area (Å²) in [6, 6.07) is 7.93. The number of benzene rings is 1. The number of carbonyl (C=O) groups excluding carboxylic acids is 3. The van der Waals surface area contributed by atoms with Crippen LogP contribution in [0, 0.1) is 38.1 Å². The number of aliphatic hydroxyl groups is 1. The Bertz CT molecular complexity index is 1100. The molecule has 0 saturated heterocycles. The molecule has 4 saturated carbocycles. The monoisotopic (exact) mass is 636 g/mol. The average Bonchev–Trinajstić information content (AvgIpc) is 3.13. The number of fused-ring (bicyclic) bond motifs is 5. The van der Waals surface area contributed by atoms with Crippen molar-refractivity contribution < 1.29 is 29.0 Å². The van der Waals surface area contributed by atoms with Crippen LogP contribution in [0.2, 0.25) is 0 Å². The molecule has 0 heterocycles. The number of Topliss-reactive ketones (excluding diaryl/α,β-unsaturated/α-hetero) is 1. The molecule has 4 aliphatic carbocycles. The number of hydrogen-bond acceptors (Lipinski definition) is 6. The van der Waals surface area contributed by atoms with E-state index < -0.39 is 11.0 Å². The number of halogens is 1. The van der Waals surface area contributed by atoms with E-state index in [0.717, 1.165) is 54.1 Å². The lowest BCUT2D eigenvalue weighted by Gasteiger charge is -2.63. The first-order valence-electron chi connectivity index (χ1n) is 14.2. The Morgan fingerprint density at radius 1 is 0.947 bits per heavy atom. The van der Waals surface area contributed by atoms with Crippen LogP contribution in [0.1, 0.15) is 84.6 Å². The third kappa shape index (κ3) is 4.63. The summed E-state index contributed by atoms with van der Waals surface area (Å²) in [5.41, 5.74) is -0.846. The van der Waals surface area contributed by atoms with E-state index in [1.807, 2.05) is 24.3 Å². The average molecular weight is 637 g/mol. The summed E-state index contributed by atoms with van der Waals surface area (Å²) >= 11 is 2.25. The van der Waals surface area contributed by atoms with Crippen molar-refractivity contribution in [2.24, 2.45) is 34.5 Å². The third-order valence-electron chi connectivity index (χ3n) is 11.2. The fourth-order valence-electron chi connectivity index (χ4n) is 9.20. The van der Waals surface area contributed by atoms with E-state index in [1.54, 1.807) is 0 Å². The molecular weight excluding hydrogens is 595 g/mol. The lowest BCUT2D eigenvalue weighted by Crippen LogP contribution is -2.62. The first-order valence-corrected chi connectivity index (χ1v) is 15.3. The molecule has 0 bridgehead atoms. The van der Waals surface area contributed by atoms with E-state index in [4.69, 9.17) is 9.47 Å². The number of hydrogen-bond donors (Lipinski definition) is 1. The SMILES string of the molecule is CC(=O)O[C@@H]1CC[C@@]2(C)[C@H](C1)C[C@H](OC(=O)Cc1ccc(I)cc1)[C@@H]1[C@H]2CC[C@@]2(C)[C@H]1CC[C@]2(O)C(C)=O. The second-order valence-corrected chi connectivity index (χ2v) is 14.2. The number of carbonyl (C=O) groups is 3. The van der Waals surface area contributed by atoms with Crippen molar-refractivity contribution in [2.75, 3.05) is 0 Å². The molecule has 9 atom stereocenters. The number of rotatable bonds is 5. The normalized spacial score (nSPS) is 41.8. The number of esters is 2. The summed E-state index contributed by atoms with van der Waals surface area (Å²) in [5.74, 6) is 0.242. The van der Waals surface area contributed by atoms with Crippen LogP contribution in [0.3, 0.4) is 0 Å². The van der Waals surface area contributed by atoms with Gasteiger partial charge >= 0.3 is 11.9 Å². The maximum absolute atomic E-state index is 13.3. The predicted octanol–water partition coefficient (Wildman–Crippen LogP) is 5.65. The fraction of sp³-hybridized carbons (Fsp3) is 0.710. The van der Waals surface area contributed by atoms with Gasteiger partial charge in [-0.25, -0.2) is 0 Å². The van der Waals surface area contributed by atoms with E-state index in [-0.39, 0.29) is 59.5 Å². The molecule has 4 aliphatic rings. The zero-order valence-electron chi connectivity index (χ0n) is 23.0. The van der Waals surface area contributed by atoms with Gasteiger partial charge in [0.05, 0.1) is 6.42 Å². The lowest BCUT2D eigenvalue weighted by atomic mass is 9.43. The Kier molecular flexibility index (Phi) is 7.51. The summed E-state index contributed by atoms with van der Waals surface area (Å²) in [6.45, 7) is 7.47. The van der Waals surface area contributed by atoms with E-state index >= 15 is 0 Å². The summed E-state index contributed by atoms with van der Waals surface area (Å²) in [7, 11) is 0. The van der Waals surface area contributed by atoms with Crippen molar-refractivity contribution in [1.82, 2.24) is 0 Å². The second-order valence-electron chi connectivity index (χ2n) is 13.0. The Labute approximate surface area is 239 Å². The Morgan fingerprint density at radius 3 is 2.29 bits per heavy atom. The van der Waals surface area contributed by atoms with E-state index in [1.165, 1.54) is 13.8 Å². The van der Waals surface area contributed by atoms with Gasteiger partial charge in [0.15, 0.2) is 5.78 Å². The molecule has 4 fully saturated rings. The first kappa shape index (κ1) is 28.1. The smallest absolute Gasteiger partial charge is 0.310 e. The van der Waals surface area contributed by atoms with Crippen molar-refractivity contribution in [2.45, 2.75) is 103 Å². The highest BCUT2D eigenvalue weighted by Gasteiger charge is 2.68. The molecule has 0 spiro atoms. The van der Waals surface area contributed by atoms with E-state index in [2.05, 4.69) is 36.4 Å². The molecule has 7 heteroatoms. The van der Waals surface area contributed by atoms with Crippen molar-refractivity contribution in [1.29, 1.82) is 0 Å². The van der Waals surface area contributed by atoms with Gasteiger partial charge in [0, 0.05) is 21.8 Å². The molecule has 0 aromatic heterocycles. The standard InChI is InChI=1S/C31H41IO6/c1-18(33)31(36)14-11-25-28-24(10-13-30(25,31)4)29(3)12-9-23(37-19(2)34)16-21(29)17-26(28)38-27(35)15-20-5-7-22(32)8-6-20/h5-8,21,23-26,28,36H,9-17H2,1-4H3/t21-,23-,24-,25+,26+,28-,29+,30+,31+/m1/s1. The molecule has 0 amide bonds. The fourth-order valence-corrected chi connectivity index (χ4v) is 9.56. The molecule has 208 valence electrons. The van der Waals surface area contributed by atoms with Gasteiger partial charge in [0.1, 0.15) is 17.8 Å². The topological polar surface area (TPSA) is 89.9 Å². The zero-order valence-corrected chi connectivity index (χ0v) is 25.2. The van der Waals surface area contributed by atoms with Crippen molar-refractivity contribution >= 4 is 40.3 Å². The van der Waals surface area contributed by atoms with Crippen molar-refractivity contribution in [3.05, 3.63) is 33.4 Å². The van der Waals surface area contributed by atoms with Crippen LogP contribution in [0.4, 0.5) is 0 Å². The lowest BCUT2D eigenvalue weighted by molar-refractivity contribution is -0.207. The van der Waals surface area contributed by atoms with Gasteiger partial charge in [0.25, 0.3) is 0 Å². The van der Waals surface area contributed by atoms with Crippen molar-refractivity contribution in [3.8, 4) is 0 Å². The quantitative estimate of drug-likeness (QED) is 0.332. The maximum Gasteiger partial charge on any atom is 0.310 e. The van der Waals surface area contributed by atoms with Gasteiger partial charge in [0.2, 0.25) is 0 Å². The van der Waals surface area contributed by atoms with Crippen molar-refractivity contribution in [3.63, 3.8) is 0 Å². The summed E-state index contributed by atoms with van der Waals surface area (Å²) < 4.78 is 13.1. The van der Waals surface area contributed by atoms with Gasteiger partial charge in [-0.05, 0) is 122 Å². The van der Waals surface area contributed by atoms with E-state index in [0.29, 0.717) is 12.3 Å². The summed E-state index contributed by atoms with van der Waals surface area (Å²) in [6.07, 6.45) is 6.17. The van der Waals surface area contributed by atoms with Gasteiger partial charge < -0.3 is 14.6 Å². The Hall–Kier alpha value is -1.48. The van der Waals surface area contributed by atoms with Crippen LogP contribution in [0.15, 0.2) is 24.3 Å². The van der Waals surface area contributed by atoms with Gasteiger partial charge in [-0.1, -0.05) is 26.0 Å². The van der Waals surface area contributed by atoms with Crippen LogP contribution in [-0.2, 0) is 30.3 Å². The first-order chi connectivity index (χ1) is 17.9. The zero-order chi connectivity index (χ0) is 27.5. The van der Waals surface area contributed by atoms with Crippen LogP contribution in [-0.4, -0.2) is 40.6 Å². The molecular formula is C31H41IO6. The molecule has 38 heavy (non-hydrogen) atoms. The predicted molar refractivity (Wildman–Crippen MR) is 151 cm³/mol. The van der Waals surface area contributed by atoms with Crippen LogP contribution < -0.4 is 0 Å². The second kappa shape index (κ2) is 10.2. The highest BCUT2D eigenvalue weighted by molar-refractivity contribution is 14.1. The molecule has 0 aliphatic heterocycles. The molecule has 5 rings (SSSR count). The van der Waals surface area contributed by atoms with Crippen LogP contribution >= 0.6 is 22.6 Å². The third-order valence-corrected chi connectivity index (χ3v) is 11.9. The summed E-state index contributed by atoms with van der Waals surface area (Å²) in [5, 5.41) is 11.6. The molecule has 0 unspecified atom stereocenters. The highest BCUT2D eigenvalue weighted by atomic mass is 127. The molecule has 1 aromatic carbocycles. The van der Waals surface area contributed by atoms with Gasteiger partial charge in [-0.3, -0.25) is 14.4 Å². The highest BCUT2D eigenvalue weighted by Crippen LogP contribution is 2.68. The Balaban J connectivity index is 1.45. The van der Waals surface area contributed by atoms with E-state index in [9.17, 15) is 19.5 Å². The molecule has 1 aromatic rings. The molecule has 0 radical (unpaired) electrons. The number of ether oxygens (including phenoxy) is 2. The number of ketones is 1.